The van der Waals surface area contributed by atoms with Gasteiger partial charge in [-0.25, -0.2) is 9.59 Å². The Morgan fingerprint density at radius 2 is 1.26 bits per heavy atom. The van der Waals surface area contributed by atoms with Crippen LogP contribution in [0.2, 0.25) is 0 Å². The van der Waals surface area contributed by atoms with Gasteiger partial charge in [0.2, 0.25) is 0 Å². The number of benzene rings is 1. The molecule has 0 saturated heterocycles. The van der Waals surface area contributed by atoms with Crippen LogP contribution in [0.3, 0.4) is 0 Å². The van der Waals surface area contributed by atoms with Gasteiger partial charge in [-0.05, 0) is 50.7 Å². The molecule has 0 bridgehead atoms. The van der Waals surface area contributed by atoms with Crippen molar-refractivity contribution < 1.29 is 32.0 Å². The summed E-state index contributed by atoms with van der Waals surface area (Å²) in [6, 6.07) is 3.61. The largest absolute Gasteiger partial charge is 0.462 e. The van der Waals surface area contributed by atoms with E-state index >= 15 is 0 Å². The molecule has 1 aromatic carbocycles. The number of hydrogen-bond acceptors (Lipinski definition) is 6. The van der Waals surface area contributed by atoms with Crippen molar-refractivity contribution in [2.75, 3.05) is 13.2 Å². The van der Waals surface area contributed by atoms with Gasteiger partial charge < -0.3 is 9.47 Å². The second-order valence-corrected chi connectivity index (χ2v) is 9.33. The van der Waals surface area contributed by atoms with Gasteiger partial charge in [-0.15, -0.1) is 0 Å². The molecule has 190 valence electrons. The molecule has 0 aliphatic carbocycles. The highest BCUT2D eigenvalue weighted by molar-refractivity contribution is 7.86. The van der Waals surface area contributed by atoms with Crippen molar-refractivity contribution in [2.45, 2.75) is 83.0 Å². The Kier molecular flexibility index (Phi) is 14.8. The zero-order valence-electron chi connectivity index (χ0n) is 20.3. The van der Waals surface area contributed by atoms with Gasteiger partial charge >= 0.3 is 11.9 Å². The molecule has 1 rings (SSSR count). The summed E-state index contributed by atoms with van der Waals surface area (Å²) in [4.78, 5) is 24.6. The van der Waals surface area contributed by atoms with Crippen LogP contribution in [0.15, 0.2) is 47.4 Å². The van der Waals surface area contributed by atoms with Gasteiger partial charge in [0, 0.05) is 0 Å². The second-order valence-electron chi connectivity index (χ2n) is 7.94. The number of rotatable bonds is 17. The molecule has 7 nitrogen and oxygen atoms in total. The summed E-state index contributed by atoms with van der Waals surface area (Å²) < 4.78 is 43.7. The Bertz CT molecular complexity index is 917. The SMILES string of the molecule is CCCC/C=C/CCCOC(=O)c1cccc(S(=O)(=O)O)c1C(=O)OCCC/C=C/CCCC. The molecule has 0 amide bonds. The van der Waals surface area contributed by atoms with Crippen molar-refractivity contribution in [2.24, 2.45) is 0 Å². The molecule has 1 N–H and O–H groups in total. The molecule has 1 aromatic rings. The summed E-state index contributed by atoms with van der Waals surface area (Å²) in [5, 5.41) is 0. The van der Waals surface area contributed by atoms with Crippen LogP contribution in [0.5, 0.6) is 0 Å². The van der Waals surface area contributed by atoms with Crippen LogP contribution < -0.4 is 0 Å². The summed E-state index contributed by atoms with van der Waals surface area (Å²) in [6.45, 7) is 4.41. The molecule has 0 unspecified atom stereocenters. The molecule has 8 heteroatoms. The van der Waals surface area contributed by atoms with E-state index in [9.17, 15) is 22.6 Å². The van der Waals surface area contributed by atoms with Crippen molar-refractivity contribution in [3.05, 3.63) is 53.6 Å². The maximum absolute atomic E-state index is 12.7. The standard InChI is InChI=1S/C26H38O7S/c1-3-5-7-9-11-13-15-20-32-25(27)22-18-17-19-23(34(29,30)31)24(22)26(28)33-21-16-14-12-10-8-6-4-2/h9-12,17-19H,3-8,13-16,20-21H2,1-2H3,(H,29,30,31)/b11-9+,12-10+. The van der Waals surface area contributed by atoms with E-state index in [0.29, 0.717) is 19.3 Å². The molecular weight excluding hydrogens is 456 g/mol. The number of unbranched alkanes of at least 4 members (excludes halogenated alkanes) is 6. The Labute approximate surface area is 204 Å². The third-order valence-electron chi connectivity index (χ3n) is 5.01. The molecule has 0 heterocycles. The number of carbonyl (C=O) groups excluding carboxylic acids is 2. The first kappa shape index (κ1) is 29.6. The highest BCUT2D eigenvalue weighted by Crippen LogP contribution is 2.22. The van der Waals surface area contributed by atoms with E-state index in [-0.39, 0.29) is 18.8 Å². The minimum absolute atomic E-state index is 0.0512. The molecule has 0 aliphatic rings. The summed E-state index contributed by atoms with van der Waals surface area (Å²) in [6.07, 6.45) is 17.3. The Morgan fingerprint density at radius 3 is 1.74 bits per heavy atom. The third-order valence-corrected chi connectivity index (χ3v) is 5.90. The fourth-order valence-corrected chi connectivity index (χ4v) is 3.83. The van der Waals surface area contributed by atoms with Crippen LogP contribution >= 0.6 is 0 Å². The predicted octanol–water partition coefficient (Wildman–Crippen LogP) is 6.30. The van der Waals surface area contributed by atoms with Crippen LogP contribution in [0.1, 0.15) is 98.8 Å². The summed E-state index contributed by atoms with van der Waals surface area (Å²) in [7, 11) is -4.75. The highest BCUT2D eigenvalue weighted by Gasteiger charge is 2.28. The molecule has 0 spiro atoms. The van der Waals surface area contributed by atoms with Gasteiger partial charge in [0.15, 0.2) is 0 Å². The van der Waals surface area contributed by atoms with E-state index in [1.807, 2.05) is 12.2 Å². The lowest BCUT2D eigenvalue weighted by molar-refractivity contribution is 0.0450. The molecule has 0 atom stereocenters. The normalized spacial score (nSPS) is 11.9. The molecular formula is C26H38O7S. The monoisotopic (exact) mass is 494 g/mol. The first-order valence-corrected chi connectivity index (χ1v) is 13.5. The van der Waals surface area contributed by atoms with Crippen LogP contribution in [0.4, 0.5) is 0 Å². The van der Waals surface area contributed by atoms with E-state index in [1.54, 1.807) is 0 Å². The lowest BCUT2D eigenvalue weighted by atomic mass is 10.1. The summed E-state index contributed by atoms with van der Waals surface area (Å²) >= 11 is 0. The van der Waals surface area contributed by atoms with Gasteiger partial charge in [-0.3, -0.25) is 4.55 Å². The van der Waals surface area contributed by atoms with E-state index in [1.165, 1.54) is 12.1 Å². The number of hydrogen-bond donors (Lipinski definition) is 1. The second kappa shape index (κ2) is 17.1. The maximum Gasteiger partial charge on any atom is 0.340 e. The van der Waals surface area contributed by atoms with Crippen molar-refractivity contribution in [1.29, 1.82) is 0 Å². The topological polar surface area (TPSA) is 107 Å². The zero-order valence-corrected chi connectivity index (χ0v) is 21.1. The van der Waals surface area contributed by atoms with E-state index < -0.39 is 32.5 Å². The van der Waals surface area contributed by atoms with E-state index in [4.69, 9.17) is 9.47 Å². The number of ether oxygens (including phenoxy) is 2. The van der Waals surface area contributed by atoms with Crippen molar-refractivity contribution in [1.82, 2.24) is 0 Å². The van der Waals surface area contributed by atoms with Gasteiger partial charge in [-0.1, -0.05) is 69.9 Å². The fraction of sp³-hybridized carbons (Fsp3) is 0.538. The first-order chi connectivity index (χ1) is 16.3. The van der Waals surface area contributed by atoms with E-state index in [0.717, 1.165) is 51.0 Å². The molecule has 34 heavy (non-hydrogen) atoms. The van der Waals surface area contributed by atoms with Crippen LogP contribution in [-0.4, -0.2) is 38.1 Å². The number of esters is 2. The highest BCUT2D eigenvalue weighted by atomic mass is 32.2. The lowest BCUT2D eigenvalue weighted by Crippen LogP contribution is -2.19. The molecule has 0 radical (unpaired) electrons. The molecule has 0 aromatic heterocycles. The molecule has 0 aliphatic heterocycles. The minimum atomic E-state index is -4.75. The molecule has 0 fully saturated rings. The van der Waals surface area contributed by atoms with Gasteiger partial charge in [0.1, 0.15) is 4.90 Å². The smallest absolute Gasteiger partial charge is 0.340 e. The van der Waals surface area contributed by atoms with Gasteiger partial charge in [-0.2, -0.15) is 8.42 Å². The minimum Gasteiger partial charge on any atom is -0.462 e. The third kappa shape index (κ3) is 11.6. The van der Waals surface area contributed by atoms with Gasteiger partial charge in [0.05, 0.1) is 24.3 Å². The first-order valence-electron chi connectivity index (χ1n) is 12.1. The van der Waals surface area contributed by atoms with Crippen molar-refractivity contribution in [3.8, 4) is 0 Å². The summed E-state index contributed by atoms with van der Waals surface area (Å²) in [5.41, 5.74) is -0.758. The van der Waals surface area contributed by atoms with Crippen LogP contribution in [0.25, 0.3) is 0 Å². The van der Waals surface area contributed by atoms with Crippen LogP contribution in [-0.2, 0) is 19.6 Å². The van der Waals surface area contributed by atoms with Gasteiger partial charge in [0.25, 0.3) is 10.1 Å². The summed E-state index contributed by atoms with van der Waals surface area (Å²) in [5.74, 6) is -1.83. The zero-order chi connectivity index (χ0) is 25.2. The quantitative estimate of drug-likeness (QED) is 0.117. The Morgan fingerprint density at radius 1 is 0.794 bits per heavy atom. The van der Waals surface area contributed by atoms with Crippen LogP contribution in [0, 0.1) is 0 Å². The Hall–Kier alpha value is -2.45. The van der Waals surface area contributed by atoms with Crippen molar-refractivity contribution >= 4 is 22.1 Å². The predicted molar refractivity (Wildman–Crippen MR) is 133 cm³/mol. The fourth-order valence-electron chi connectivity index (χ4n) is 3.12. The molecule has 0 saturated carbocycles. The average molecular weight is 495 g/mol. The number of carbonyl (C=O) groups is 2. The maximum atomic E-state index is 12.7. The lowest BCUT2D eigenvalue weighted by Gasteiger charge is -2.12. The van der Waals surface area contributed by atoms with Crippen molar-refractivity contribution in [3.63, 3.8) is 0 Å². The number of allylic oxidation sites excluding steroid dienone is 4. The average Bonchev–Trinajstić information content (AvgIpc) is 2.81. The Balaban J connectivity index is 2.76. The van der Waals surface area contributed by atoms with E-state index in [2.05, 4.69) is 26.0 Å².